The van der Waals surface area contributed by atoms with E-state index >= 15 is 0 Å². The number of aliphatic hydroxyl groups is 1. The first-order valence-corrected chi connectivity index (χ1v) is 7.49. The van der Waals surface area contributed by atoms with Crippen molar-refractivity contribution in [2.24, 2.45) is 0 Å². The van der Waals surface area contributed by atoms with Gasteiger partial charge in [0.1, 0.15) is 5.75 Å². The van der Waals surface area contributed by atoms with Gasteiger partial charge in [0.2, 0.25) is 10.0 Å². The summed E-state index contributed by atoms with van der Waals surface area (Å²) in [7, 11) is -2.34. The molecule has 1 unspecified atom stereocenters. The zero-order chi connectivity index (χ0) is 15.5. The molecule has 0 radical (unpaired) electrons. The van der Waals surface area contributed by atoms with E-state index in [4.69, 9.17) is 4.74 Å². The average Bonchev–Trinajstić information content (AvgIpc) is 3.00. The van der Waals surface area contributed by atoms with Gasteiger partial charge in [0.25, 0.3) is 0 Å². The minimum atomic E-state index is -3.78. The number of nitrogens with zero attached hydrogens (tertiary/aromatic N) is 3. The molecule has 0 saturated carbocycles. The fourth-order valence-corrected chi connectivity index (χ4v) is 3.00. The molecule has 2 aromatic rings. The predicted molar refractivity (Wildman–Crippen MR) is 71.8 cm³/mol. The van der Waals surface area contributed by atoms with Crippen LogP contribution >= 0.6 is 0 Å². The fraction of sp³-hybridized carbons (Fsp3) is 0.364. The molecule has 0 bridgehead atoms. The maximum atomic E-state index is 12.3. The second kappa shape index (κ2) is 6.16. The zero-order valence-corrected chi connectivity index (χ0v) is 12.3. The van der Waals surface area contributed by atoms with Crippen molar-refractivity contribution in [1.29, 1.82) is 0 Å². The smallest absolute Gasteiger partial charge is 0.241 e. The van der Waals surface area contributed by atoms with Crippen LogP contribution in [0.1, 0.15) is 24.4 Å². The summed E-state index contributed by atoms with van der Waals surface area (Å²) >= 11 is 0. The molecular formula is C11H15N5O4S. The second-order valence-electron chi connectivity index (χ2n) is 4.24. The second-order valence-corrected chi connectivity index (χ2v) is 5.96. The molecule has 10 heteroatoms. The maximum Gasteiger partial charge on any atom is 0.241 e. The van der Waals surface area contributed by atoms with Gasteiger partial charge in [-0.25, -0.2) is 13.1 Å². The van der Waals surface area contributed by atoms with Gasteiger partial charge in [-0.15, -0.1) is 10.2 Å². The third-order valence-electron chi connectivity index (χ3n) is 2.81. The van der Waals surface area contributed by atoms with E-state index in [1.165, 1.54) is 25.3 Å². The number of aliphatic hydroxyl groups excluding tert-OH is 1. The van der Waals surface area contributed by atoms with Gasteiger partial charge in [0.05, 0.1) is 24.7 Å². The van der Waals surface area contributed by atoms with Crippen LogP contribution in [0.4, 0.5) is 0 Å². The van der Waals surface area contributed by atoms with Gasteiger partial charge >= 0.3 is 0 Å². The van der Waals surface area contributed by atoms with Crippen LogP contribution in [0, 0.1) is 0 Å². The van der Waals surface area contributed by atoms with E-state index in [1.54, 1.807) is 6.92 Å². The van der Waals surface area contributed by atoms with Crippen LogP contribution in [0.3, 0.4) is 0 Å². The molecule has 3 N–H and O–H groups in total. The highest BCUT2D eigenvalue weighted by Crippen LogP contribution is 2.23. The van der Waals surface area contributed by atoms with Crippen molar-refractivity contribution in [3.63, 3.8) is 0 Å². The lowest BCUT2D eigenvalue weighted by atomic mass is 10.2. The highest BCUT2D eigenvalue weighted by Gasteiger charge is 2.21. The van der Waals surface area contributed by atoms with E-state index in [9.17, 15) is 13.5 Å². The monoisotopic (exact) mass is 313 g/mol. The Hall–Kier alpha value is -2.04. The van der Waals surface area contributed by atoms with E-state index in [0.717, 1.165) is 0 Å². The normalized spacial score (nSPS) is 13.1. The number of hydrogen-bond acceptors (Lipinski definition) is 7. The van der Waals surface area contributed by atoms with Gasteiger partial charge in [-0.1, -0.05) is 5.21 Å². The van der Waals surface area contributed by atoms with Crippen molar-refractivity contribution in [1.82, 2.24) is 25.3 Å². The van der Waals surface area contributed by atoms with Crippen molar-refractivity contribution >= 4 is 10.0 Å². The highest BCUT2D eigenvalue weighted by atomic mass is 32.2. The van der Waals surface area contributed by atoms with E-state index in [-0.39, 0.29) is 17.3 Å². The van der Waals surface area contributed by atoms with Crippen LogP contribution in [-0.2, 0) is 16.6 Å². The topological polar surface area (TPSA) is 130 Å². The molecule has 0 aliphatic carbocycles. The van der Waals surface area contributed by atoms with Crippen LogP contribution in [0.5, 0.6) is 5.75 Å². The van der Waals surface area contributed by atoms with Crippen LogP contribution in [-0.4, -0.2) is 41.3 Å². The first-order valence-electron chi connectivity index (χ1n) is 6.01. The number of hydrogen-bond donors (Lipinski definition) is 3. The lowest BCUT2D eigenvalue weighted by Gasteiger charge is -2.13. The lowest BCUT2D eigenvalue weighted by molar-refractivity contribution is 0.273. The van der Waals surface area contributed by atoms with Crippen LogP contribution < -0.4 is 9.46 Å². The van der Waals surface area contributed by atoms with E-state index in [1.807, 2.05) is 0 Å². The first-order chi connectivity index (χ1) is 9.97. The first kappa shape index (κ1) is 15.4. The molecule has 114 valence electrons. The molecule has 0 fully saturated rings. The number of nitrogens with one attached hydrogen (secondary N) is 2. The Morgan fingerprint density at radius 3 is 2.81 bits per heavy atom. The number of aromatic nitrogens is 4. The number of tetrazole rings is 1. The molecule has 1 heterocycles. The molecule has 0 spiro atoms. The van der Waals surface area contributed by atoms with Gasteiger partial charge in [-0.2, -0.15) is 5.21 Å². The van der Waals surface area contributed by atoms with E-state index in [0.29, 0.717) is 11.3 Å². The number of ether oxygens (including phenoxy) is 1. The number of methoxy groups -OCH3 is 1. The molecule has 0 saturated heterocycles. The van der Waals surface area contributed by atoms with Crippen molar-refractivity contribution in [3.05, 3.63) is 29.6 Å². The number of aromatic amines is 1. The fourth-order valence-electron chi connectivity index (χ4n) is 1.75. The SMILES string of the molecule is COc1ccc(S(=O)(=O)NC(C)c2nn[nH]n2)cc1CO. The van der Waals surface area contributed by atoms with Crippen molar-refractivity contribution < 1.29 is 18.3 Å². The molecule has 2 rings (SSSR count). The number of H-pyrrole nitrogens is 1. The summed E-state index contributed by atoms with van der Waals surface area (Å²) in [6, 6.07) is 3.58. The number of rotatable bonds is 6. The van der Waals surface area contributed by atoms with Gasteiger partial charge < -0.3 is 9.84 Å². The quantitative estimate of drug-likeness (QED) is 0.669. The Morgan fingerprint density at radius 1 is 1.48 bits per heavy atom. The largest absolute Gasteiger partial charge is 0.496 e. The Kier molecular flexibility index (Phi) is 4.50. The summed E-state index contributed by atoms with van der Waals surface area (Å²) in [6.07, 6.45) is 0. The van der Waals surface area contributed by atoms with Crippen molar-refractivity contribution in [2.75, 3.05) is 7.11 Å². The third-order valence-corrected chi connectivity index (χ3v) is 4.35. The van der Waals surface area contributed by atoms with Crippen LogP contribution in [0.2, 0.25) is 0 Å². The Labute approximate surface area is 121 Å². The van der Waals surface area contributed by atoms with Gasteiger partial charge in [-0.3, -0.25) is 0 Å². The molecule has 0 aliphatic heterocycles. The summed E-state index contributed by atoms with van der Waals surface area (Å²) in [5.41, 5.74) is 0.382. The van der Waals surface area contributed by atoms with Gasteiger partial charge in [-0.05, 0) is 25.1 Å². The molecule has 1 aromatic heterocycles. The Morgan fingerprint density at radius 2 is 2.24 bits per heavy atom. The maximum absolute atomic E-state index is 12.3. The summed E-state index contributed by atoms with van der Waals surface area (Å²) in [5, 5.41) is 22.3. The summed E-state index contributed by atoms with van der Waals surface area (Å²) in [5.74, 6) is 0.650. The molecular weight excluding hydrogens is 298 g/mol. The molecule has 1 aromatic carbocycles. The van der Waals surface area contributed by atoms with Gasteiger partial charge in [0, 0.05) is 5.56 Å². The Bertz CT molecular complexity index is 701. The number of benzene rings is 1. The third kappa shape index (κ3) is 3.35. The van der Waals surface area contributed by atoms with Crippen LogP contribution in [0.25, 0.3) is 0 Å². The minimum Gasteiger partial charge on any atom is -0.496 e. The van der Waals surface area contributed by atoms with Gasteiger partial charge in [0.15, 0.2) is 5.82 Å². The van der Waals surface area contributed by atoms with E-state index in [2.05, 4.69) is 25.3 Å². The molecule has 9 nitrogen and oxygen atoms in total. The van der Waals surface area contributed by atoms with E-state index < -0.39 is 16.1 Å². The molecule has 0 aliphatic rings. The zero-order valence-electron chi connectivity index (χ0n) is 11.4. The predicted octanol–water partition coefficient (Wildman–Crippen LogP) is -0.260. The summed E-state index contributed by atoms with van der Waals surface area (Å²) in [6.45, 7) is 1.27. The standard InChI is InChI=1S/C11H15N5O4S/c1-7(11-12-15-16-13-11)14-21(18,19)9-3-4-10(20-2)8(5-9)6-17/h3-5,7,14,17H,6H2,1-2H3,(H,12,13,15,16). The lowest BCUT2D eigenvalue weighted by Crippen LogP contribution is -2.27. The van der Waals surface area contributed by atoms with Crippen molar-refractivity contribution in [3.8, 4) is 5.75 Å². The molecule has 0 amide bonds. The summed E-state index contributed by atoms with van der Waals surface area (Å²) in [4.78, 5) is 0.0164. The molecule has 21 heavy (non-hydrogen) atoms. The Balaban J connectivity index is 2.27. The van der Waals surface area contributed by atoms with Crippen molar-refractivity contribution in [2.45, 2.75) is 24.5 Å². The number of sulfonamides is 1. The highest BCUT2D eigenvalue weighted by molar-refractivity contribution is 7.89. The average molecular weight is 313 g/mol. The minimum absolute atomic E-state index is 0.0164. The summed E-state index contributed by atoms with van der Waals surface area (Å²) < 4.78 is 32.0. The molecule has 1 atom stereocenters. The van der Waals surface area contributed by atoms with Crippen LogP contribution in [0.15, 0.2) is 23.1 Å².